The van der Waals surface area contributed by atoms with Crippen LogP contribution in [0.1, 0.15) is 45.4 Å². The third-order valence-corrected chi connectivity index (χ3v) is 6.21. The first-order chi connectivity index (χ1) is 9.38. The fourth-order valence-corrected chi connectivity index (χ4v) is 5.71. The lowest BCUT2D eigenvalue weighted by Crippen LogP contribution is -2.53. The van der Waals surface area contributed by atoms with E-state index < -0.39 is 0 Å². The molecule has 0 radical (unpaired) electrons. The van der Waals surface area contributed by atoms with Gasteiger partial charge in [-0.05, 0) is 75.7 Å². The van der Waals surface area contributed by atoms with Crippen LogP contribution in [0.2, 0.25) is 0 Å². The molecule has 4 aliphatic carbocycles. The number of amides is 1. The van der Waals surface area contributed by atoms with E-state index in [-0.39, 0.29) is 11.9 Å². The molecule has 1 amide bonds. The topological polar surface area (TPSA) is 23.6 Å². The molecule has 0 spiro atoms. The molecule has 0 heterocycles. The summed E-state index contributed by atoms with van der Waals surface area (Å²) in [7, 11) is 5.86. The number of likely N-dealkylation sites (N-methyl/N-ethyl adjacent to an activating group) is 2. The molecule has 4 saturated carbocycles. The summed E-state index contributed by atoms with van der Waals surface area (Å²) in [6.45, 7) is 3.18. The van der Waals surface area contributed by atoms with Crippen molar-refractivity contribution in [2.75, 3.05) is 27.7 Å². The summed E-state index contributed by atoms with van der Waals surface area (Å²) in [6.07, 6.45) is 8.75. The maximum atomic E-state index is 12.2. The average Bonchev–Trinajstić information content (AvgIpc) is 2.34. The van der Waals surface area contributed by atoms with Crippen molar-refractivity contribution in [3.8, 4) is 0 Å². The highest BCUT2D eigenvalue weighted by atomic mass is 16.2. The molecule has 0 aromatic heterocycles. The van der Waals surface area contributed by atoms with Gasteiger partial charge in [0.15, 0.2) is 0 Å². The van der Waals surface area contributed by atoms with Crippen molar-refractivity contribution in [2.24, 2.45) is 23.2 Å². The zero-order valence-corrected chi connectivity index (χ0v) is 13.6. The van der Waals surface area contributed by atoms with E-state index in [4.69, 9.17) is 0 Å². The Balaban J connectivity index is 1.66. The molecule has 0 aromatic rings. The van der Waals surface area contributed by atoms with E-state index in [1.54, 1.807) is 4.90 Å². The summed E-state index contributed by atoms with van der Waals surface area (Å²) in [6, 6.07) is 0.0120. The van der Waals surface area contributed by atoms with Crippen LogP contribution in [0.15, 0.2) is 0 Å². The van der Waals surface area contributed by atoms with E-state index in [1.165, 1.54) is 38.5 Å². The highest BCUT2D eigenvalue weighted by Gasteiger charge is 2.51. The predicted molar refractivity (Wildman–Crippen MR) is 81.4 cm³/mol. The molecular weight excluding hydrogens is 248 g/mol. The Morgan fingerprint density at radius 1 is 1.05 bits per heavy atom. The fraction of sp³-hybridized carbons (Fsp3) is 0.941. The maximum Gasteiger partial charge on any atom is 0.239 e. The van der Waals surface area contributed by atoms with E-state index >= 15 is 0 Å². The summed E-state index contributed by atoms with van der Waals surface area (Å²) in [5.74, 6) is 3.22. The van der Waals surface area contributed by atoms with Crippen LogP contribution in [-0.2, 0) is 4.79 Å². The Kier molecular flexibility index (Phi) is 3.60. The van der Waals surface area contributed by atoms with E-state index in [0.717, 1.165) is 24.3 Å². The molecule has 3 nitrogen and oxygen atoms in total. The van der Waals surface area contributed by atoms with Crippen LogP contribution in [0.5, 0.6) is 0 Å². The van der Waals surface area contributed by atoms with Crippen molar-refractivity contribution in [3.05, 3.63) is 0 Å². The first-order valence-electron chi connectivity index (χ1n) is 8.30. The molecule has 4 rings (SSSR count). The molecule has 0 saturated heterocycles. The molecule has 1 atom stereocenters. The summed E-state index contributed by atoms with van der Waals surface area (Å²) in [4.78, 5) is 16.2. The molecular formula is C17H30N2O. The highest BCUT2D eigenvalue weighted by molar-refractivity contribution is 5.80. The van der Waals surface area contributed by atoms with Gasteiger partial charge in [-0.2, -0.15) is 0 Å². The Bertz CT molecular complexity index is 355. The molecule has 4 aliphatic rings. The highest BCUT2D eigenvalue weighted by Crippen LogP contribution is 2.60. The molecule has 114 valence electrons. The van der Waals surface area contributed by atoms with Gasteiger partial charge in [0.2, 0.25) is 5.91 Å². The second kappa shape index (κ2) is 5.01. The lowest BCUT2D eigenvalue weighted by atomic mass is 9.49. The van der Waals surface area contributed by atoms with Gasteiger partial charge in [0.25, 0.3) is 0 Å². The maximum absolute atomic E-state index is 12.2. The van der Waals surface area contributed by atoms with E-state index in [9.17, 15) is 4.79 Å². The molecule has 4 bridgehead atoms. The third kappa shape index (κ3) is 2.49. The van der Waals surface area contributed by atoms with Crippen molar-refractivity contribution in [1.82, 2.24) is 9.80 Å². The Hall–Kier alpha value is -0.570. The largest absolute Gasteiger partial charge is 0.347 e. The first kappa shape index (κ1) is 14.4. The van der Waals surface area contributed by atoms with Crippen LogP contribution in [0.25, 0.3) is 0 Å². The summed E-state index contributed by atoms with van der Waals surface area (Å²) >= 11 is 0. The molecule has 20 heavy (non-hydrogen) atoms. The number of hydrogen-bond donors (Lipinski definition) is 0. The van der Waals surface area contributed by atoms with Crippen LogP contribution in [0, 0.1) is 23.2 Å². The summed E-state index contributed by atoms with van der Waals surface area (Å²) in [5, 5.41) is 0. The number of carbonyl (C=O) groups is 1. The quantitative estimate of drug-likeness (QED) is 0.789. The second-order valence-electron chi connectivity index (χ2n) is 8.24. The number of rotatable bonds is 4. The van der Waals surface area contributed by atoms with Crippen molar-refractivity contribution in [3.63, 3.8) is 0 Å². The minimum atomic E-state index is 0.0120. The van der Waals surface area contributed by atoms with Gasteiger partial charge in [-0.25, -0.2) is 0 Å². The molecule has 4 fully saturated rings. The smallest absolute Gasteiger partial charge is 0.239 e. The lowest BCUT2D eigenvalue weighted by molar-refractivity contribution is -0.135. The van der Waals surface area contributed by atoms with Crippen LogP contribution in [0.4, 0.5) is 0 Å². The Morgan fingerprint density at radius 2 is 1.50 bits per heavy atom. The third-order valence-electron chi connectivity index (χ3n) is 6.21. The Labute approximate surface area is 123 Å². The molecule has 0 aliphatic heterocycles. The van der Waals surface area contributed by atoms with Crippen LogP contribution < -0.4 is 0 Å². The van der Waals surface area contributed by atoms with Crippen LogP contribution in [0.3, 0.4) is 0 Å². The molecule has 3 heteroatoms. The van der Waals surface area contributed by atoms with Crippen molar-refractivity contribution >= 4 is 5.91 Å². The monoisotopic (exact) mass is 278 g/mol. The van der Waals surface area contributed by atoms with Gasteiger partial charge < -0.3 is 4.90 Å². The predicted octanol–water partition coefficient (Wildman–Crippen LogP) is 2.61. The minimum absolute atomic E-state index is 0.0120. The average molecular weight is 278 g/mol. The van der Waals surface area contributed by atoms with Crippen LogP contribution in [-0.4, -0.2) is 49.4 Å². The molecule has 0 unspecified atom stereocenters. The zero-order valence-electron chi connectivity index (χ0n) is 13.6. The van der Waals surface area contributed by atoms with E-state index in [1.807, 2.05) is 14.1 Å². The molecule has 0 aromatic carbocycles. The van der Waals surface area contributed by atoms with Crippen molar-refractivity contribution in [1.29, 1.82) is 0 Å². The zero-order chi connectivity index (χ0) is 14.5. The van der Waals surface area contributed by atoms with Gasteiger partial charge in [-0.15, -0.1) is 0 Å². The fourth-order valence-electron chi connectivity index (χ4n) is 5.71. The van der Waals surface area contributed by atoms with Gasteiger partial charge in [-0.1, -0.05) is 0 Å². The molecule has 0 N–H and O–H groups in total. The lowest BCUT2D eigenvalue weighted by Gasteiger charge is -2.58. The van der Waals surface area contributed by atoms with Crippen molar-refractivity contribution in [2.45, 2.75) is 51.5 Å². The minimum Gasteiger partial charge on any atom is -0.347 e. The number of nitrogens with zero attached hydrogens (tertiary/aromatic N) is 2. The summed E-state index contributed by atoms with van der Waals surface area (Å²) < 4.78 is 0. The van der Waals surface area contributed by atoms with Gasteiger partial charge in [0, 0.05) is 20.6 Å². The van der Waals surface area contributed by atoms with Gasteiger partial charge in [0.1, 0.15) is 0 Å². The SMILES string of the molecule is C[C@H](C(=O)N(C)C)N(C)CC12CC3CC(CC(C3)C1)C2. The Morgan fingerprint density at radius 3 is 1.90 bits per heavy atom. The number of carbonyl (C=O) groups excluding carboxylic acids is 1. The first-order valence-corrected chi connectivity index (χ1v) is 8.30. The second-order valence-corrected chi connectivity index (χ2v) is 8.24. The normalized spacial score (nSPS) is 40.1. The van der Waals surface area contributed by atoms with Gasteiger partial charge in [-0.3, -0.25) is 9.69 Å². The van der Waals surface area contributed by atoms with E-state index in [2.05, 4.69) is 18.9 Å². The number of hydrogen-bond acceptors (Lipinski definition) is 2. The standard InChI is InChI=1S/C17H30N2O/c1-12(16(20)18(2)3)19(4)11-17-8-13-5-14(9-17)7-15(6-13)10-17/h12-15H,5-11H2,1-4H3/t12-,13?,14?,15?,17?/m1/s1. The van der Waals surface area contributed by atoms with Crippen LogP contribution >= 0.6 is 0 Å². The van der Waals surface area contributed by atoms with Crippen molar-refractivity contribution < 1.29 is 4.79 Å². The van der Waals surface area contributed by atoms with Gasteiger partial charge in [0.05, 0.1) is 6.04 Å². The van der Waals surface area contributed by atoms with E-state index in [0.29, 0.717) is 5.41 Å². The summed E-state index contributed by atoms with van der Waals surface area (Å²) in [5.41, 5.74) is 0.532. The van der Waals surface area contributed by atoms with Gasteiger partial charge >= 0.3 is 0 Å².